The van der Waals surface area contributed by atoms with Crippen LogP contribution in [-0.4, -0.2) is 42.0 Å². The fourth-order valence-corrected chi connectivity index (χ4v) is 3.36. The third kappa shape index (κ3) is 3.77. The number of nitrogens with two attached hydrogens (primary N) is 1. The van der Waals surface area contributed by atoms with Crippen molar-refractivity contribution in [3.63, 3.8) is 0 Å². The highest BCUT2D eigenvalue weighted by Gasteiger charge is 2.33. The van der Waals surface area contributed by atoms with Crippen LogP contribution in [-0.2, 0) is 17.8 Å². The zero-order chi connectivity index (χ0) is 14.8. The number of nitrogens with zero attached hydrogens (tertiary/aromatic N) is 2. The Morgan fingerprint density at radius 2 is 2.40 bits per heavy atom. The Morgan fingerprint density at radius 1 is 1.65 bits per heavy atom. The molecule has 1 aromatic rings. The topological polar surface area (TPSA) is 71.2 Å². The predicted molar refractivity (Wildman–Crippen MR) is 81.5 cm³/mol. The van der Waals surface area contributed by atoms with Gasteiger partial charge in [0.25, 0.3) is 0 Å². The number of likely N-dealkylation sites (N-methyl/N-ethyl adjacent to an activating group) is 1. The van der Waals surface area contributed by atoms with Crippen molar-refractivity contribution in [3.05, 3.63) is 16.1 Å². The van der Waals surface area contributed by atoms with E-state index in [2.05, 4.69) is 34.4 Å². The first kappa shape index (κ1) is 15.4. The second-order valence-electron chi connectivity index (χ2n) is 6.18. The maximum absolute atomic E-state index is 11.3. The lowest BCUT2D eigenvalue weighted by molar-refractivity contribution is -0.119. The third-order valence-corrected chi connectivity index (χ3v) is 4.86. The minimum absolute atomic E-state index is 0.0102. The third-order valence-electron chi connectivity index (χ3n) is 3.97. The monoisotopic (exact) mass is 296 g/mol. The van der Waals surface area contributed by atoms with Gasteiger partial charge in [0, 0.05) is 38.1 Å². The maximum atomic E-state index is 11.3. The summed E-state index contributed by atoms with van der Waals surface area (Å²) >= 11 is 1.56. The molecule has 0 aromatic carbocycles. The molecule has 1 aliphatic rings. The molecule has 1 saturated heterocycles. The summed E-state index contributed by atoms with van der Waals surface area (Å²) in [4.78, 5) is 18.3. The smallest absolute Gasteiger partial charge is 0.226 e. The first-order valence-corrected chi connectivity index (χ1v) is 7.90. The summed E-state index contributed by atoms with van der Waals surface area (Å²) in [5, 5.41) is 5.56. The van der Waals surface area contributed by atoms with Crippen molar-refractivity contribution in [2.45, 2.75) is 39.3 Å². The average molecular weight is 296 g/mol. The van der Waals surface area contributed by atoms with Crippen LogP contribution in [0.2, 0.25) is 0 Å². The summed E-state index contributed by atoms with van der Waals surface area (Å²) in [6.45, 7) is 7.31. The van der Waals surface area contributed by atoms with Gasteiger partial charge < -0.3 is 11.1 Å². The second-order valence-corrected chi connectivity index (χ2v) is 7.12. The molecule has 3 N–H and O–H groups in total. The molecule has 1 aliphatic heterocycles. The van der Waals surface area contributed by atoms with Crippen LogP contribution in [0.25, 0.3) is 0 Å². The summed E-state index contributed by atoms with van der Waals surface area (Å²) < 4.78 is 0. The number of rotatable bonds is 4. The van der Waals surface area contributed by atoms with Gasteiger partial charge in [-0.2, -0.15) is 0 Å². The Labute approximate surface area is 124 Å². The number of hydrogen-bond donors (Lipinski definition) is 2. The fourth-order valence-electron chi connectivity index (χ4n) is 2.58. The molecule has 1 atom stereocenters. The van der Waals surface area contributed by atoms with Crippen molar-refractivity contribution in [1.82, 2.24) is 15.2 Å². The number of hydrogen-bond acceptors (Lipinski definition) is 5. The normalized spacial score (nSPS) is 22.7. The van der Waals surface area contributed by atoms with Crippen molar-refractivity contribution >= 4 is 17.2 Å². The Kier molecular flexibility index (Phi) is 4.78. The Hall–Kier alpha value is -0.980. The van der Waals surface area contributed by atoms with Gasteiger partial charge in [0.1, 0.15) is 5.01 Å². The number of thiazole rings is 1. The molecule has 0 radical (unpaired) electrons. The van der Waals surface area contributed by atoms with Crippen molar-refractivity contribution < 1.29 is 4.79 Å². The molecule has 20 heavy (non-hydrogen) atoms. The van der Waals surface area contributed by atoms with E-state index in [-0.39, 0.29) is 17.4 Å². The first-order valence-electron chi connectivity index (χ1n) is 7.02. The predicted octanol–water partition coefficient (Wildman–Crippen LogP) is 0.991. The van der Waals surface area contributed by atoms with Gasteiger partial charge in [-0.25, -0.2) is 4.98 Å². The van der Waals surface area contributed by atoms with Crippen LogP contribution < -0.4 is 11.1 Å². The van der Waals surface area contributed by atoms with E-state index in [0.29, 0.717) is 6.42 Å². The van der Waals surface area contributed by atoms with Gasteiger partial charge in [-0.15, -0.1) is 11.3 Å². The van der Waals surface area contributed by atoms with Gasteiger partial charge in [0.2, 0.25) is 5.91 Å². The number of amides is 1. The van der Waals surface area contributed by atoms with Crippen molar-refractivity contribution in [1.29, 1.82) is 0 Å². The molecule has 112 valence electrons. The molecule has 1 aromatic heterocycles. The van der Waals surface area contributed by atoms with Gasteiger partial charge in [-0.05, 0) is 11.8 Å². The molecule has 0 spiro atoms. The van der Waals surface area contributed by atoms with Gasteiger partial charge in [0.15, 0.2) is 0 Å². The summed E-state index contributed by atoms with van der Waals surface area (Å²) in [5.74, 6) is 0.0102. The standard InChI is InChI=1S/C14H24N4OS/c1-14(2)9-18(5-4-11(14)15)7-10-8-20-13(17-10)6-12(19)16-3/h8,11H,4-7,9,15H2,1-3H3,(H,16,19). The van der Waals surface area contributed by atoms with Gasteiger partial charge in [-0.3, -0.25) is 9.69 Å². The van der Waals surface area contributed by atoms with E-state index >= 15 is 0 Å². The highest BCUT2D eigenvalue weighted by molar-refractivity contribution is 7.09. The minimum atomic E-state index is 0.0102. The van der Waals surface area contributed by atoms with Gasteiger partial charge in [0.05, 0.1) is 12.1 Å². The highest BCUT2D eigenvalue weighted by Crippen LogP contribution is 2.28. The summed E-state index contributed by atoms with van der Waals surface area (Å²) in [5.41, 5.74) is 7.37. The molecule has 0 bridgehead atoms. The lowest BCUT2D eigenvalue weighted by Gasteiger charge is -2.42. The number of piperidine rings is 1. The van der Waals surface area contributed by atoms with E-state index in [4.69, 9.17) is 5.73 Å². The van der Waals surface area contributed by atoms with Crippen LogP contribution >= 0.6 is 11.3 Å². The summed E-state index contributed by atoms with van der Waals surface area (Å²) in [6.07, 6.45) is 1.40. The Morgan fingerprint density at radius 3 is 3.05 bits per heavy atom. The van der Waals surface area contributed by atoms with E-state index in [1.165, 1.54) is 0 Å². The first-order chi connectivity index (χ1) is 9.40. The number of carbonyl (C=O) groups excluding carboxylic acids is 1. The van der Waals surface area contributed by atoms with Crippen LogP contribution in [0.4, 0.5) is 0 Å². The SMILES string of the molecule is CNC(=O)Cc1nc(CN2CCC(N)C(C)(C)C2)cs1. The molecule has 1 amide bonds. The summed E-state index contributed by atoms with van der Waals surface area (Å²) in [6, 6.07) is 0.276. The number of carbonyl (C=O) groups is 1. The molecule has 1 unspecified atom stereocenters. The van der Waals surface area contributed by atoms with Crippen LogP contribution in [0, 0.1) is 5.41 Å². The van der Waals surface area contributed by atoms with E-state index in [9.17, 15) is 4.79 Å². The van der Waals surface area contributed by atoms with Crippen molar-refractivity contribution in [3.8, 4) is 0 Å². The molecule has 0 saturated carbocycles. The van der Waals surface area contributed by atoms with Crippen LogP contribution in [0.1, 0.15) is 31.0 Å². The second kappa shape index (κ2) is 6.20. The fraction of sp³-hybridized carbons (Fsp3) is 0.714. The Balaban J connectivity index is 1.92. The van der Waals surface area contributed by atoms with Gasteiger partial charge in [-0.1, -0.05) is 13.8 Å². The lowest BCUT2D eigenvalue weighted by Crippen LogP contribution is -2.52. The van der Waals surface area contributed by atoms with Crippen LogP contribution in [0.5, 0.6) is 0 Å². The van der Waals surface area contributed by atoms with E-state index in [0.717, 1.165) is 36.8 Å². The van der Waals surface area contributed by atoms with E-state index in [1.807, 2.05) is 0 Å². The molecular formula is C14H24N4OS. The average Bonchev–Trinajstić information content (AvgIpc) is 2.80. The molecule has 2 rings (SSSR count). The Bertz CT molecular complexity index is 471. The highest BCUT2D eigenvalue weighted by atomic mass is 32.1. The summed E-state index contributed by atoms with van der Waals surface area (Å²) in [7, 11) is 1.65. The maximum Gasteiger partial charge on any atom is 0.226 e. The van der Waals surface area contributed by atoms with E-state index < -0.39 is 0 Å². The molecular weight excluding hydrogens is 272 g/mol. The number of nitrogens with one attached hydrogen (secondary N) is 1. The molecule has 0 aliphatic carbocycles. The van der Waals surface area contributed by atoms with Crippen molar-refractivity contribution in [2.24, 2.45) is 11.1 Å². The molecule has 6 heteroatoms. The quantitative estimate of drug-likeness (QED) is 0.869. The zero-order valence-electron chi connectivity index (χ0n) is 12.5. The minimum Gasteiger partial charge on any atom is -0.359 e. The molecule has 5 nitrogen and oxygen atoms in total. The van der Waals surface area contributed by atoms with Gasteiger partial charge >= 0.3 is 0 Å². The number of aromatic nitrogens is 1. The molecule has 2 heterocycles. The number of likely N-dealkylation sites (tertiary alicyclic amines) is 1. The van der Waals surface area contributed by atoms with Crippen LogP contribution in [0.3, 0.4) is 0 Å². The molecule has 1 fully saturated rings. The van der Waals surface area contributed by atoms with E-state index in [1.54, 1.807) is 18.4 Å². The van der Waals surface area contributed by atoms with Crippen LogP contribution in [0.15, 0.2) is 5.38 Å². The largest absolute Gasteiger partial charge is 0.359 e. The van der Waals surface area contributed by atoms with Crippen molar-refractivity contribution in [2.75, 3.05) is 20.1 Å². The lowest BCUT2D eigenvalue weighted by atomic mass is 9.80. The zero-order valence-corrected chi connectivity index (χ0v) is 13.3.